The van der Waals surface area contributed by atoms with Crippen molar-refractivity contribution in [3.8, 4) is 0 Å². The number of benzene rings is 1. The molecule has 0 unspecified atom stereocenters. The van der Waals surface area contributed by atoms with Gasteiger partial charge >= 0.3 is 0 Å². The first kappa shape index (κ1) is 10.6. The molecule has 74 valence electrons. The smallest absolute Gasteiger partial charge is 0.210 e. The highest BCUT2D eigenvalue weighted by Crippen LogP contribution is 2.17. The van der Waals surface area contributed by atoms with Crippen LogP contribution in [0.4, 0.5) is 4.39 Å². The molecule has 0 aliphatic rings. The van der Waals surface area contributed by atoms with Gasteiger partial charge in [0.1, 0.15) is 10.7 Å². The molecule has 6 heteroatoms. The lowest BCUT2D eigenvalue weighted by molar-refractivity contribution is 0.559. The quantitative estimate of drug-likeness (QED) is 0.549. The zero-order chi connectivity index (χ0) is 10.8. The van der Waals surface area contributed by atoms with E-state index in [4.69, 9.17) is 0 Å². The highest BCUT2D eigenvalue weighted by Gasteiger charge is 2.17. The molecule has 1 aromatic rings. The minimum absolute atomic E-state index is 0.561. The lowest BCUT2D eigenvalue weighted by atomic mass is 10.2. The first-order valence-electron chi connectivity index (χ1n) is 3.57. The van der Waals surface area contributed by atoms with Crippen molar-refractivity contribution in [2.45, 2.75) is 11.8 Å². The molecular formula is C8H6FNO3S. The zero-order valence-corrected chi connectivity index (χ0v) is 8.01. The predicted octanol–water partition coefficient (Wildman–Crippen LogP) is 1.16. The van der Waals surface area contributed by atoms with Crippen molar-refractivity contribution in [1.29, 1.82) is 0 Å². The molecule has 0 atom stereocenters. The topological polar surface area (TPSA) is 63.6 Å². The maximum absolute atomic E-state index is 13.0. The van der Waals surface area contributed by atoms with Gasteiger partial charge in [-0.25, -0.2) is 9.18 Å². The summed E-state index contributed by atoms with van der Waals surface area (Å²) in [7, 11) is -4.24. The van der Waals surface area contributed by atoms with Gasteiger partial charge in [0.15, 0.2) is 0 Å². The Morgan fingerprint density at radius 2 is 2.07 bits per heavy atom. The summed E-state index contributed by atoms with van der Waals surface area (Å²) in [4.78, 5) is 9.19. The highest BCUT2D eigenvalue weighted by molar-refractivity contribution is 7.90. The molecule has 1 rings (SSSR count). The third-order valence-corrected chi connectivity index (χ3v) is 2.71. The van der Waals surface area contributed by atoms with Crippen LogP contribution in [0.25, 0.3) is 0 Å². The van der Waals surface area contributed by atoms with Gasteiger partial charge in [0, 0.05) is 0 Å². The number of isocyanates is 1. The average Bonchev–Trinajstić information content (AvgIpc) is 2.09. The first-order chi connectivity index (χ1) is 6.47. The fraction of sp³-hybridized carbons (Fsp3) is 0.125. The number of carbonyl (C=O) groups excluding carboxylic acids is 1. The van der Waals surface area contributed by atoms with Gasteiger partial charge in [0.25, 0.3) is 16.1 Å². The Bertz CT molecular complexity index is 503. The molecule has 0 N–H and O–H groups in total. The van der Waals surface area contributed by atoms with E-state index in [1.54, 1.807) is 6.92 Å². The summed E-state index contributed by atoms with van der Waals surface area (Å²) in [5.41, 5.74) is 0.561. The maximum Gasteiger partial charge on any atom is 0.295 e. The van der Waals surface area contributed by atoms with Crippen LogP contribution in [0.1, 0.15) is 5.56 Å². The van der Waals surface area contributed by atoms with Gasteiger partial charge in [-0.2, -0.15) is 8.42 Å². The Labute approximate surface area is 80.1 Å². The molecule has 0 saturated heterocycles. The number of nitrogens with zero attached hydrogens (tertiary/aromatic N) is 1. The van der Waals surface area contributed by atoms with Gasteiger partial charge in [-0.3, -0.25) is 0 Å². The van der Waals surface area contributed by atoms with Crippen molar-refractivity contribution in [3.05, 3.63) is 29.6 Å². The van der Waals surface area contributed by atoms with E-state index < -0.39 is 20.7 Å². The van der Waals surface area contributed by atoms with E-state index in [1.807, 2.05) is 0 Å². The van der Waals surface area contributed by atoms with Gasteiger partial charge in [0.2, 0.25) is 0 Å². The lowest BCUT2D eigenvalue weighted by Crippen LogP contribution is -2.00. The SMILES string of the molecule is Cc1ccc(F)c(S(=O)(=O)N=C=O)c1. The van der Waals surface area contributed by atoms with Gasteiger partial charge in [0.05, 0.1) is 0 Å². The molecular weight excluding hydrogens is 209 g/mol. The Balaban J connectivity index is 3.46. The number of aryl methyl sites for hydroxylation is 1. The van der Waals surface area contributed by atoms with Crippen LogP contribution in [-0.4, -0.2) is 14.5 Å². The second-order valence-electron chi connectivity index (χ2n) is 2.59. The van der Waals surface area contributed by atoms with Crippen LogP contribution in [0.5, 0.6) is 0 Å². The van der Waals surface area contributed by atoms with E-state index in [9.17, 15) is 17.6 Å². The molecule has 0 aliphatic carbocycles. The van der Waals surface area contributed by atoms with Crippen molar-refractivity contribution in [2.24, 2.45) is 4.40 Å². The van der Waals surface area contributed by atoms with Crippen molar-refractivity contribution in [2.75, 3.05) is 0 Å². The molecule has 0 aliphatic heterocycles. The Hall–Kier alpha value is -1.52. The number of hydrogen-bond donors (Lipinski definition) is 0. The van der Waals surface area contributed by atoms with E-state index in [0.29, 0.717) is 5.56 Å². The minimum Gasteiger partial charge on any atom is -0.210 e. The van der Waals surface area contributed by atoms with Crippen LogP contribution in [0.3, 0.4) is 0 Å². The minimum atomic E-state index is -4.24. The van der Waals surface area contributed by atoms with Crippen molar-refractivity contribution >= 4 is 16.1 Å². The summed E-state index contributed by atoms with van der Waals surface area (Å²) in [6, 6.07) is 3.52. The van der Waals surface area contributed by atoms with Crippen LogP contribution < -0.4 is 0 Å². The van der Waals surface area contributed by atoms with Gasteiger partial charge in [-0.1, -0.05) is 10.5 Å². The Morgan fingerprint density at radius 3 is 2.64 bits per heavy atom. The second kappa shape index (κ2) is 3.69. The average molecular weight is 215 g/mol. The Kier molecular flexibility index (Phi) is 2.78. The normalized spacial score (nSPS) is 10.7. The van der Waals surface area contributed by atoms with Crippen molar-refractivity contribution < 1.29 is 17.6 Å². The fourth-order valence-corrected chi connectivity index (χ4v) is 1.75. The second-order valence-corrected chi connectivity index (χ2v) is 4.16. The molecule has 14 heavy (non-hydrogen) atoms. The van der Waals surface area contributed by atoms with Crippen LogP contribution in [0.15, 0.2) is 27.5 Å². The van der Waals surface area contributed by atoms with Gasteiger partial charge in [-0.15, -0.1) is 0 Å². The van der Waals surface area contributed by atoms with Crippen LogP contribution in [-0.2, 0) is 14.8 Å². The number of rotatable bonds is 2. The van der Waals surface area contributed by atoms with E-state index in [0.717, 1.165) is 18.2 Å². The standard InChI is InChI=1S/C8H6FNO3S/c1-6-2-3-7(9)8(4-6)14(12,13)10-5-11/h2-4H,1H3. The van der Waals surface area contributed by atoms with Gasteiger partial charge in [-0.05, 0) is 24.6 Å². The third-order valence-electron chi connectivity index (χ3n) is 1.52. The molecule has 0 spiro atoms. The molecule has 4 nitrogen and oxygen atoms in total. The summed E-state index contributed by atoms with van der Waals surface area (Å²) in [6.45, 7) is 1.60. The molecule has 0 heterocycles. The van der Waals surface area contributed by atoms with Crippen LogP contribution in [0.2, 0.25) is 0 Å². The van der Waals surface area contributed by atoms with Crippen molar-refractivity contribution in [1.82, 2.24) is 0 Å². The molecule has 0 bridgehead atoms. The largest absolute Gasteiger partial charge is 0.295 e. The summed E-state index contributed by atoms with van der Waals surface area (Å²) in [6.07, 6.45) is 0.874. The van der Waals surface area contributed by atoms with Crippen LogP contribution in [0, 0.1) is 12.7 Å². The summed E-state index contributed by atoms with van der Waals surface area (Å²) in [5.74, 6) is -0.936. The predicted molar refractivity (Wildman–Crippen MR) is 46.4 cm³/mol. The highest BCUT2D eigenvalue weighted by atomic mass is 32.2. The van der Waals surface area contributed by atoms with E-state index >= 15 is 0 Å². The lowest BCUT2D eigenvalue weighted by Gasteiger charge is -1.99. The van der Waals surface area contributed by atoms with E-state index in [-0.39, 0.29) is 0 Å². The molecule has 0 saturated carbocycles. The summed E-state index contributed by atoms with van der Waals surface area (Å²) in [5, 5.41) is 0. The summed E-state index contributed by atoms with van der Waals surface area (Å²) >= 11 is 0. The number of halogens is 1. The molecule has 0 amide bonds. The fourth-order valence-electron chi connectivity index (χ4n) is 0.906. The zero-order valence-electron chi connectivity index (χ0n) is 7.19. The molecule has 0 radical (unpaired) electrons. The molecule has 0 aromatic heterocycles. The number of sulfonamides is 1. The molecule has 0 fully saturated rings. The van der Waals surface area contributed by atoms with E-state index in [2.05, 4.69) is 4.40 Å². The maximum atomic E-state index is 13.0. The monoisotopic (exact) mass is 215 g/mol. The summed E-state index contributed by atoms with van der Waals surface area (Å²) < 4.78 is 37.8. The van der Waals surface area contributed by atoms with Crippen molar-refractivity contribution in [3.63, 3.8) is 0 Å². The van der Waals surface area contributed by atoms with Crippen LogP contribution >= 0.6 is 0 Å². The van der Waals surface area contributed by atoms with E-state index in [1.165, 1.54) is 6.07 Å². The number of hydrogen-bond acceptors (Lipinski definition) is 3. The molecule has 1 aromatic carbocycles. The third kappa shape index (κ3) is 2.04. The first-order valence-corrected chi connectivity index (χ1v) is 5.01. The Morgan fingerprint density at radius 1 is 1.43 bits per heavy atom. The van der Waals surface area contributed by atoms with Gasteiger partial charge < -0.3 is 0 Å².